The van der Waals surface area contributed by atoms with Crippen molar-refractivity contribution in [3.8, 4) is 0 Å². The Kier molecular flexibility index (Phi) is 4.35. The second-order valence-electron chi connectivity index (χ2n) is 6.28. The Morgan fingerprint density at radius 3 is 2.73 bits per heavy atom. The zero-order chi connectivity index (χ0) is 17.9. The van der Waals surface area contributed by atoms with Gasteiger partial charge < -0.3 is 10.2 Å². The Labute approximate surface area is 151 Å². The number of anilines is 2. The highest BCUT2D eigenvalue weighted by molar-refractivity contribution is 6.07. The van der Waals surface area contributed by atoms with Crippen molar-refractivity contribution in [3.05, 3.63) is 89.4 Å². The van der Waals surface area contributed by atoms with E-state index in [0.29, 0.717) is 23.6 Å². The third-order valence-corrected chi connectivity index (χ3v) is 4.54. The molecule has 26 heavy (non-hydrogen) atoms. The zero-order valence-corrected chi connectivity index (χ0v) is 14.2. The van der Waals surface area contributed by atoms with Crippen molar-refractivity contribution in [3.63, 3.8) is 0 Å². The van der Waals surface area contributed by atoms with Gasteiger partial charge in [0, 0.05) is 25.0 Å². The fourth-order valence-electron chi connectivity index (χ4n) is 3.27. The van der Waals surface area contributed by atoms with E-state index in [-0.39, 0.29) is 11.7 Å². The Hall–Kier alpha value is -3.21. The first-order valence-electron chi connectivity index (χ1n) is 8.54. The molecule has 0 bridgehead atoms. The van der Waals surface area contributed by atoms with E-state index < -0.39 is 0 Å². The highest BCUT2D eigenvalue weighted by Gasteiger charge is 2.22. The first kappa shape index (κ1) is 16.3. The molecule has 3 aromatic rings. The van der Waals surface area contributed by atoms with Crippen LogP contribution in [0.25, 0.3) is 0 Å². The first-order chi connectivity index (χ1) is 12.7. The third-order valence-electron chi connectivity index (χ3n) is 4.54. The molecule has 1 amide bonds. The zero-order valence-electron chi connectivity index (χ0n) is 14.2. The summed E-state index contributed by atoms with van der Waals surface area (Å²) in [7, 11) is 0. The summed E-state index contributed by atoms with van der Waals surface area (Å²) in [5, 5.41) is 2.75. The van der Waals surface area contributed by atoms with Gasteiger partial charge in [-0.25, -0.2) is 9.37 Å². The number of carbonyl (C=O) groups excluding carboxylic acids is 1. The second-order valence-corrected chi connectivity index (χ2v) is 6.28. The number of rotatable bonds is 3. The van der Waals surface area contributed by atoms with Crippen molar-refractivity contribution in [2.45, 2.75) is 13.0 Å². The molecule has 4 rings (SSSR count). The number of halogens is 1. The van der Waals surface area contributed by atoms with Crippen LogP contribution in [0.1, 0.15) is 21.5 Å². The van der Waals surface area contributed by atoms with Crippen LogP contribution < -0.4 is 10.2 Å². The lowest BCUT2D eigenvalue weighted by atomic mass is 9.99. The summed E-state index contributed by atoms with van der Waals surface area (Å²) >= 11 is 0. The van der Waals surface area contributed by atoms with Crippen LogP contribution in [0.4, 0.5) is 15.9 Å². The molecule has 0 spiro atoms. The fraction of sp³-hybridized carbons (Fsp3) is 0.143. The van der Waals surface area contributed by atoms with Crippen LogP contribution in [0.5, 0.6) is 0 Å². The van der Waals surface area contributed by atoms with Gasteiger partial charge in [-0.05, 0) is 47.9 Å². The SMILES string of the molecule is O=C(Nc1cccc(F)c1)c1cccnc1N1CCc2ccccc2C1. The van der Waals surface area contributed by atoms with Crippen molar-refractivity contribution in [1.82, 2.24) is 4.98 Å². The standard InChI is InChI=1S/C21H18FN3O/c22-17-7-3-8-18(13-17)24-21(26)19-9-4-11-23-20(19)25-12-10-15-5-1-2-6-16(15)14-25/h1-9,11,13H,10,12,14H2,(H,24,26). The molecule has 130 valence electrons. The molecule has 2 aromatic carbocycles. The van der Waals surface area contributed by atoms with Crippen molar-refractivity contribution < 1.29 is 9.18 Å². The van der Waals surface area contributed by atoms with Gasteiger partial charge in [-0.2, -0.15) is 0 Å². The Morgan fingerprint density at radius 2 is 1.88 bits per heavy atom. The van der Waals surface area contributed by atoms with Crippen LogP contribution in [0.3, 0.4) is 0 Å². The normalized spacial score (nSPS) is 13.2. The molecule has 1 aromatic heterocycles. The Balaban J connectivity index is 1.60. The van der Waals surface area contributed by atoms with Crippen LogP contribution >= 0.6 is 0 Å². The molecule has 0 fully saturated rings. The van der Waals surface area contributed by atoms with Crippen LogP contribution in [0, 0.1) is 5.82 Å². The van der Waals surface area contributed by atoms with Crippen LogP contribution in [-0.2, 0) is 13.0 Å². The van der Waals surface area contributed by atoms with Gasteiger partial charge >= 0.3 is 0 Å². The predicted octanol–water partition coefficient (Wildman–Crippen LogP) is 4.04. The van der Waals surface area contributed by atoms with Gasteiger partial charge in [-0.1, -0.05) is 30.3 Å². The smallest absolute Gasteiger partial charge is 0.259 e. The lowest BCUT2D eigenvalue weighted by molar-refractivity contribution is 0.102. The van der Waals surface area contributed by atoms with E-state index in [4.69, 9.17) is 0 Å². The molecule has 2 heterocycles. The van der Waals surface area contributed by atoms with Crippen LogP contribution in [0.15, 0.2) is 66.9 Å². The number of fused-ring (bicyclic) bond motifs is 1. The number of aromatic nitrogens is 1. The van der Waals surface area contributed by atoms with Crippen molar-refractivity contribution >= 4 is 17.4 Å². The number of pyridine rings is 1. The number of hydrogen-bond donors (Lipinski definition) is 1. The number of nitrogens with one attached hydrogen (secondary N) is 1. The molecule has 4 nitrogen and oxygen atoms in total. The molecular weight excluding hydrogens is 329 g/mol. The summed E-state index contributed by atoms with van der Waals surface area (Å²) in [5.41, 5.74) is 3.50. The lowest BCUT2D eigenvalue weighted by Gasteiger charge is -2.30. The van der Waals surface area contributed by atoms with Gasteiger partial charge in [0.2, 0.25) is 0 Å². The number of carbonyl (C=O) groups is 1. The van der Waals surface area contributed by atoms with Crippen LogP contribution in [0.2, 0.25) is 0 Å². The topological polar surface area (TPSA) is 45.2 Å². The van der Waals surface area contributed by atoms with Gasteiger partial charge in [0.15, 0.2) is 0 Å². The quantitative estimate of drug-likeness (QED) is 0.778. The average molecular weight is 347 g/mol. The van der Waals surface area contributed by atoms with Crippen molar-refractivity contribution in [2.75, 3.05) is 16.8 Å². The minimum atomic E-state index is -0.387. The van der Waals surface area contributed by atoms with Gasteiger partial charge in [-0.15, -0.1) is 0 Å². The maximum Gasteiger partial charge on any atom is 0.259 e. The lowest BCUT2D eigenvalue weighted by Crippen LogP contribution is -2.32. The van der Waals surface area contributed by atoms with Crippen molar-refractivity contribution in [2.24, 2.45) is 0 Å². The molecule has 1 aliphatic rings. The number of amides is 1. The monoisotopic (exact) mass is 347 g/mol. The highest BCUT2D eigenvalue weighted by atomic mass is 19.1. The molecule has 0 aliphatic carbocycles. The molecule has 5 heteroatoms. The first-order valence-corrected chi connectivity index (χ1v) is 8.54. The minimum absolute atomic E-state index is 0.294. The van der Waals surface area contributed by atoms with E-state index in [2.05, 4.69) is 27.3 Å². The molecule has 0 unspecified atom stereocenters. The van der Waals surface area contributed by atoms with E-state index in [9.17, 15) is 9.18 Å². The maximum atomic E-state index is 13.4. The van der Waals surface area contributed by atoms with Gasteiger partial charge in [0.1, 0.15) is 11.6 Å². The average Bonchev–Trinajstić information content (AvgIpc) is 2.67. The largest absolute Gasteiger partial charge is 0.351 e. The summed E-state index contributed by atoms with van der Waals surface area (Å²) in [5.74, 6) is -0.0321. The molecule has 0 saturated carbocycles. The van der Waals surface area contributed by atoms with Gasteiger partial charge in [0.05, 0.1) is 5.56 Å². The summed E-state index contributed by atoms with van der Waals surface area (Å²) in [4.78, 5) is 19.3. The Bertz CT molecular complexity index is 957. The summed E-state index contributed by atoms with van der Waals surface area (Å²) in [6.07, 6.45) is 2.60. The molecule has 0 atom stereocenters. The van der Waals surface area contributed by atoms with E-state index >= 15 is 0 Å². The maximum absolute atomic E-state index is 13.4. The number of benzene rings is 2. The van der Waals surface area contributed by atoms with Crippen molar-refractivity contribution in [1.29, 1.82) is 0 Å². The predicted molar refractivity (Wildman–Crippen MR) is 99.8 cm³/mol. The van der Waals surface area contributed by atoms with E-state index in [0.717, 1.165) is 13.0 Å². The summed E-state index contributed by atoms with van der Waals surface area (Å²) in [6.45, 7) is 1.52. The summed E-state index contributed by atoms with van der Waals surface area (Å²) < 4.78 is 13.4. The summed E-state index contributed by atoms with van der Waals surface area (Å²) in [6, 6.07) is 17.7. The third kappa shape index (κ3) is 3.28. The van der Waals surface area contributed by atoms with Crippen LogP contribution in [-0.4, -0.2) is 17.4 Å². The molecule has 1 N–H and O–H groups in total. The second kappa shape index (κ2) is 6.96. The molecular formula is C21H18FN3O. The van der Waals surface area contributed by atoms with E-state index in [1.807, 2.05) is 12.1 Å². The Morgan fingerprint density at radius 1 is 1.04 bits per heavy atom. The van der Waals surface area contributed by atoms with E-state index in [1.165, 1.54) is 23.3 Å². The fourth-order valence-corrected chi connectivity index (χ4v) is 3.27. The van der Waals surface area contributed by atoms with Gasteiger partial charge in [0.25, 0.3) is 5.91 Å². The number of hydrogen-bond acceptors (Lipinski definition) is 3. The van der Waals surface area contributed by atoms with Gasteiger partial charge in [-0.3, -0.25) is 4.79 Å². The van der Waals surface area contributed by atoms with E-state index in [1.54, 1.807) is 30.5 Å². The molecule has 0 saturated heterocycles. The number of nitrogens with zero attached hydrogens (tertiary/aromatic N) is 2. The molecule has 0 radical (unpaired) electrons. The minimum Gasteiger partial charge on any atom is -0.351 e. The molecule has 1 aliphatic heterocycles. The highest BCUT2D eigenvalue weighted by Crippen LogP contribution is 2.26.